The number of hydrogen-bond acceptors (Lipinski definition) is 3. The van der Waals surface area contributed by atoms with Crippen molar-refractivity contribution < 1.29 is 13.6 Å². The average Bonchev–Trinajstić information content (AvgIpc) is 2.84. The van der Waals surface area contributed by atoms with Crippen LogP contribution >= 0.6 is 0 Å². The van der Waals surface area contributed by atoms with Crippen molar-refractivity contribution in [3.8, 4) is 6.07 Å². The van der Waals surface area contributed by atoms with Crippen molar-refractivity contribution in [1.82, 2.24) is 0 Å². The Balaban J connectivity index is 1.60. The third-order valence-electron chi connectivity index (χ3n) is 6.16. The molecule has 178 valence electrons. The van der Waals surface area contributed by atoms with Crippen LogP contribution in [0.3, 0.4) is 0 Å². The van der Waals surface area contributed by atoms with E-state index >= 15 is 0 Å². The van der Waals surface area contributed by atoms with Crippen molar-refractivity contribution >= 4 is 18.7 Å². The number of nitriles is 1. The molecule has 0 aromatic heterocycles. The van der Waals surface area contributed by atoms with Gasteiger partial charge in [-0.05, 0) is 34.3 Å². The molecule has 0 N–H and O–H groups in total. The van der Waals surface area contributed by atoms with Crippen LogP contribution in [-0.4, -0.2) is 28.1 Å². The predicted octanol–water partition coefficient (Wildman–Crippen LogP) is 5.81. The fourth-order valence-corrected chi connectivity index (χ4v) is 9.10. The lowest BCUT2D eigenvalue weighted by Crippen LogP contribution is -2.66. The lowest BCUT2D eigenvalue weighted by molar-refractivity contribution is 0.114. The Morgan fingerprint density at radius 3 is 1.91 bits per heavy atom. The van der Waals surface area contributed by atoms with E-state index in [2.05, 4.69) is 75.4 Å². The normalized spacial score (nSPS) is 12.8. The first-order chi connectivity index (χ1) is 16.4. The molecule has 0 aliphatic heterocycles. The second kappa shape index (κ2) is 12.1. The van der Waals surface area contributed by atoms with Crippen LogP contribution in [0.5, 0.6) is 0 Å². The zero-order valence-corrected chi connectivity index (χ0v) is 21.3. The Hall–Kier alpha value is -2.78. The average molecular weight is 476 g/mol. The lowest BCUT2D eigenvalue weighted by atomic mass is 9.97. The molecule has 0 saturated carbocycles. The van der Waals surface area contributed by atoms with E-state index in [-0.39, 0.29) is 10.9 Å². The number of hydrogen-bond donors (Lipinski definition) is 0. The fourth-order valence-electron chi connectivity index (χ4n) is 4.50. The highest BCUT2D eigenvalue weighted by Gasteiger charge is 2.49. The van der Waals surface area contributed by atoms with Crippen LogP contribution in [0.25, 0.3) is 0 Å². The van der Waals surface area contributed by atoms with E-state index in [9.17, 15) is 9.65 Å². The zero-order valence-electron chi connectivity index (χ0n) is 20.3. The summed E-state index contributed by atoms with van der Waals surface area (Å²) in [5, 5.41) is 11.9. The first-order valence-electron chi connectivity index (χ1n) is 11.9. The van der Waals surface area contributed by atoms with Gasteiger partial charge in [-0.25, -0.2) is 4.39 Å². The summed E-state index contributed by atoms with van der Waals surface area (Å²) in [4.78, 5) is 0. The molecule has 5 heteroatoms. The van der Waals surface area contributed by atoms with Gasteiger partial charge in [0.05, 0.1) is 12.0 Å². The topological polar surface area (TPSA) is 42.2 Å². The molecule has 1 atom stereocenters. The summed E-state index contributed by atoms with van der Waals surface area (Å²) in [5.74, 6) is -0.845. The fraction of sp³-hybridized carbons (Fsp3) is 0.345. The van der Waals surface area contributed by atoms with Crippen LogP contribution in [0.15, 0.2) is 84.9 Å². The van der Waals surface area contributed by atoms with Gasteiger partial charge in [0.1, 0.15) is 5.82 Å². The minimum absolute atomic E-state index is 0.0592. The zero-order chi connectivity index (χ0) is 24.4. The molecule has 3 nitrogen and oxygen atoms in total. The van der Waals surface area contributed by atoms with E-state index in [0.29, 0.717) is 31.8 Å². The van der Waals surface area contributed by atoms with Gasteiger partial charge in [-0.3, -0.25) is 0 Å². The minimum atomic E-state index is -2.53. The van der Waals surface area contributed by atoms with Crippen molar-refractivity contribution in [1.29, 1.82) is 5.26 Å². The van der Waals surface area contributed by atoms with Gasteiger partial charge in [0.25, 0.3) is 8.32 Å². The molecule has 0 radical (unpaired) electrons. The van der Waals surface area contributed by atoms with Gasteiger partial charge in [-0.15, -0.1) is 0 Å². The summed E-state index contributed by atoms with van der Waals surface area (Å²) < 4.78 is 26.6. The first-order valence-corrected chi connectivity index (χ1v) is 13.8. The Kier molecular flexibility index (Phi) is 9.18. The van der Waals surface area contributed by atoms with Gasteiger partial charge >= 0.3 is 0 Å². The number of halogens is 1. The van der Waals surface area contributed by atoms with Crippen molar-refractivity contribution in [2.45, 2.75) is 44.6 Å². The van der Waals surface area contributed by atoms with Crippen LogP contribution in [-0.2, 0) is 9.16 Å². The van der Waals surface area contributed by atoms with Crippen molar-refractivity contribution in [3.05, 3.63) is 96.3 Å². The summed E-state index contributed by atoms with van der Waals surface area (Å²) in [6.07, 6.45) is 1.22. The van der Waals surface area contributed by atoms with E-state index in [4.69, 9.17) is 9.16 Å². The Bertz CT molecular complexity index is 1020. The molecule has 0 aliphatic rings. The Morgan fingerprint density at radius 1 is 0.824 bits per heavy atom. The minimum Gasteiger partial charge on any atom is -0.407 e. The van der Waals surface area contributed by atoms with Gasteiger partial charge < -0.3 is 9.16 Å². The van der Waals surface area contributed by atoms with Gasteiger partial charge in [-0.2, -0.15) is 5.26 Å². The third-order valence-corrected chi connectivity index (χ3v) is 11.2. The van der Waals surface area contributed by atoms with E-state index < -0.39 is 14.2 Å². The number of nitrogens with zero attached hydrogens (tertiary/aromatic N) is 1. The molecule has 0 heterocycles. The van der Waals surface area contributed by atoms with Gasteiger partial charge in [0, 0.05) is 25.4 Å². The quantitative estimate of drug-likeness (QED) is 0.260. The molecule has 3 aromatic carbocycles. The van der Waals surface area contributed by atoms with Gasteiger partial charge in [-0.1, -0.05) is 99.6 Å². The highest BCUT2D eigenvalue weighted by molar-refractivity contribution is 6.99. The maximum atomic E-state index is 14.0. The predicted molar refractivity (Wildman–Crippen MR) is 138 cm³/mol. The molecule has 0 aliphatic carbocycles. The highest BCUT2D eigenvalue weighted by atomic mass is 28.4. The van der Waals surface area contributed by atoms with Crippen LogP contribution in [0.4, 0.5) is 4.39 Å². The van der Waals surface area contributed by atoms with Crippen molar-refractivity contribution in [2.24, 2.45) is 0 Å². The number of ether oxygens (including phenoxy) is 1. The third kappa shape index (κ3) is 6.01. The molecule has 0 spiro atoms. The van der Waals surface area contributed by atoms with E-state index in [1.54, 1.807) is 18.2 Å². The summed E-state index contributed by atoms with van der Waals surface area (Å²) in [6, 6.07) is 29.8. The molecular weight excluding hydrogens is 441 g/mol. The van der Waals surface area contributed by atoms with Crippen LogP contribution < -0.4 is 10.4 Å². The molecule has 3 rings (SSSR count). The molecule has 0 saturated heterocycles. The van der Waals surface area contributed by atoms with Crippen LogP contribution in [0.2, 0.25) is 5.04 Å². The molecule has 0 fully saturated rings. The SMILES string of the molecule is CC(C)(C)[Si](OCCCOCCC(C#N)c1ccccc1F)(c1ccccc1)c1ccccc1. The Labute approximate surface area is 204 Å². The van der Waals surface area contributed by atoms with E-state index in [0.717, 1.165) is 6.42 Å². The molecule has 0 amide bonds. The number of rotatable bonds is 11. The smallest absolute Gasteiger partial charge is 0.261 e. The molecule has 1 unspecified atom stereocenters. The number of benzene rings is 3. The van der Waals surface area contributed by atoms with E-state index in [1.165, 1.54) is 16.4 Å². The molecule has 34 heavy (non-hydrogen) atoms. The van der Waals surface area contributed by atoms with Crippen molar-refractivity contribution in [3.63, 3.8) is 0 Å². The molecule has 3 aromatic rings. The van der Waals surface area contributed by atoms with Crippen LogP contribution in [0.1, 0.15) is 45.1 Å². The maximum Gasteiger partial charge on any atom is 0.261 e. The summed E-state index contributed by atoms with van der Waals surface area (Å²) in [6.45, 7) is 8.32. The van der Waals surface area contributed by atoms with Gasteiger partial charge in [0.15, 0.2) is 0 Å². The van der Waals surface area contributed by atoms with Crippen LogP contribution in [0, 0.1) is 17.1 Å². The van der Waals surface area contributed by atoms with E-state index in [1.807, 2.05) is 12.1 Å². The second-order valence-electron chi connectivity index (χ2n) is 9.47. The second-order valence-corrected chi connectivity index (χ2v) is 13.8. The van der Waals surface area contributed by atoms with Gasteiger partial charge in [0.2, 0.25) is 0 Å². The Morgan fingerprint density at radius 2 is 1.38 bits per heavy atom. The molecule has 0 bridgehead atoms. The highest BCUT2D eigenvalue weighted by Crippen LogP contribution is 2.36. The first kappa shape index (κ1) is 25.8. The summed E-state index contributed by atoms with van der Waals surface area (Å²) in [5.41, 5.74) is 0.434. The monoisotopic (exact) mass is 475 g/mol. The summed E-state index contributed by atoms with van der Waals surface area (Å²) in [7, 11) is -2.53. The molecular formula is C29H34FNO2Si. The van der Waals surface area contributed by atoms with Crippen molar-refractivity contribution in [2.75, 3.05) is 19.8 Å². The summed E-state index contributed by atoms with van der Waals surface area (Å²) >= 11 is 0. The lowest BCUT2D eigenvalue weighted by Gasteiger charge is -2.43. The standard InChI is InChI=1S/C29H34FNO2Si/c1-29(2,3)34(25-13-6-4-7-14-25,26-15-8-5-9-16-26)33-21-12-20-32-22-19-24(23-31)27-17-10-11-18-28(27)30/h4-11,13-18,24H,12,19-22H2,1-3H3. The maximum absolute atomic E-state index is 14.0. The largest absolute Gasteiger partial charge is 0.407 e.